The Morgan fingerprint density at radius 3 is 2.62 bits per heavy atom. The SMILES string of the molecule is CCSC(SCC)C1([N+](=O)[O-])CC(O)C(OC)CC1C(=O)c1ccc[nH]1. The summed E-state index contributed by atoms with van der Waals surface area (Å²) in [6, 6.07) is 3.33. The summed E-state index contributed by atoms with van der Waals surface area (Å²) in [5.41, 5.74) is -1.19. The highest BCUT2D eigenvalue weighted by atomic mass is 32.2. The molecule has 0 aliphatic heterocycles. The number of Topliss-reactive ketones (excluding diaryl/α,β-unsaturated/α-hetero) is 1. The van der Waals surface area contributed by atoms with Crippen molar-refractivity contribution in [2.24, 2.45) is 5.92 Å². The molecule has 4 atom stereocenters. The number of carbonyl (C=O) groups is 1. The number of nitrogens with one attached hydrogen (secondary N) is 1. The van der Waals surface area contributed by atoms with Crippen molar-refractivity contribution in [2.45, 2.75) is 49.0 Å². The van der Waals surface area contributed by atoms with Crippen molar-refractivity contribution in [2.75, 3.05) is 18.6 Å². The normalized spacial score (nSPS) is 29.0. The second kappa shape index (κ2) is 9.25. The number of ketones is 1. The molecule has 7 nitrogen and oxygen atoms in total. The molecular weight excluding hydrogens is 376 g/mol. The largest absolute Gasteiger partial charge is 0.390 e. The zero-order valence-electron chi connectivity index (χ0n) is 15.2. The summed E-state index contributed by atoms with van der Waals surface area (Å²) in [6.45, 7) is 3.89. The highest BCUT2D eigenvalue weighted by Crippen LogP contribution is 2.49. The topological polar surface area (TPSA) is 105 Å². The fourth-order valence-corrected chi connectivity index (χ4v) is 6.73. The van der Waals surface area contributed by atoms with Crippen LogP contribution in [0.4, 0.5) is 0 Å². The third-order valence-electron chi connectivity index (χ3n) is 4.90. The van der Waals surface area contributed by atoms with E-state index in [4.69, 9.17) is 4.74 Å². The monoisotopic (exact) mass is 402 g/mol. The summed E-state index contributed by atoms with van der Waals surface area (Å²) in [6.07, 6.45) is 0.0920. The number of aliphatic hydroxyl groups excluding tert-OH is 1. The average molecular weight is 403 g/mol. The average Bonchev–Trinajstić information content (AvgIpc) is 3.15. The number of rotatable bonds is 9. The molecule has 1 fully saturated rings. The molecule has 146 valence electrons. The zero-order valence-corrected chi connectivity index (χ0v) is 16.8. The fraction of sp³-hybridized carbons (Fsp3) is 0.706. The molecule has 0 amide bonds. The van der Waals surface area contributed by atoms with E-state index in [-0.39, 0.29) is 23.5 Å². The van der Waals surface area contributed by atoms with E-state index in [0.717, 1.165) is 0 Å². The van der Waals surface area contributed by atoms with Crippen LogP contribution in [0.25, 0.3) is 0 Å². The second-order valence-electron chi connectivity index (χ2n) is 6.27. The molecule has 0 aromatic carbocycles. The van der Waals surface area contributed by atoms with Crippen molar-refractivity contribution in [3.05, 3.63) is 34.1 Å². The molecular formula is C17H26N2O5S2. The van der Waals surface area contributed by atoms with Gasteiger partial charge in [0.1, 0.15) is 4.58 Å². The smallest absolute Gasteiger partial charge is 0.255 e. The number of aromatic amines is 1. The van der Waals surface area contributed by atoms with Gasteiger partial charge in [-0.2, -0.15) is 0 Å². The predicted octanol–water partition coefficient (Wildman–Crippen LogP) is 2.83. The third-order valence-corrected chi connectivity index (χ3v) is 7.81. The van der Waals surface area contributed by atoms with Gasteiger partial charge in [0.2, 0.25) is 0 Å². The van der Waals surface area contributed by atoms with Crippen molar-refractivity contribution in [1.29, 1.82) is 0 Å². The number of hydrogen-bond donors (Lipinski definition) is 2. The van der Waals surface area contributed by atoms with Crippen LogP contribution in [0, 0.1) is 16.0 Å². The molecule has 0 spiro atoms. The van der Waals surface area contributed by atoms with Gasteiger partial charge >= 0.3 is 0 Å². The number of H-pyrrole nitrogens is 1. The predicted molar refractivity (Wildman–Crippen MR) is 104 cm³/mol. The number of carbonyl (C=O) groups excluding carboxylic acids is 1. The molecule has 0 saturated heterocycles. The molecule has 1 aromatic rings. The van der Waals surface area contributed by atoms with Crippen molar-refractivity contribution in [1.82, 2.24) is 4.98 Å². The molecule has 0 bridgehead atoms. The van der Waals surface area contributed by atoms with Crippen molar-refractivity contribution in [3.63, 3.8) is 0 Å². The molecule has 1 aliphatic rings. The first-order valence-electron chi connectivity index (χ1n) is 8.68. The van der Waals surface area contributed by atoms with Gasteiger partial charge in [-0.3, -0.25) is 14.9 Å². The highest BCUT2D eigenvalue weighted by molar-refractivity contribution is 8.17. The number of nitro groups is 1. The number of ether oxygens (including phenoxy) is 1. The van der Waals surface area contributed by atoms with Crippen LogP contribution >= 0.6 is 23.5 Å². The molecule has 2 rings (SSSR count). The van der Waals surface area contributed by atoms with Crippen molar-refractivity contribution < 1.29 is 19.6 Å². The van der Waals surface area contributed by atoms with E-state index in [1.54, 1.807) is 18.3 Å². The summed E-state index contributed by atoms with van der Waals surface area (Å²) in [5.74, 6) is 0.229. The maximum atomic E-state index is 13.2. The zero-order chi connectivity index (χ0) is 19.3. The lowest BCUT2D eigenvalue weighted by Crippen LogP contribution is -2.62. The summed E-state index contributed by atoms with van der Waals surface area (Å²) in [4.78, 5) is 28.1. The van der Waals surface area contributed by atoms with E-state index in [1.807, 2.05) is 13.8 Å². The minimum Gasteiger partial charge on any atom is -0.390 e. The van der Waals surface area contributed by atoms with Crippen LogP contribution in [0.3, 0.4) is 0 Å². The first-order valence-corrected chi connectivity index (χ1v) is 10.8. The van der Waals surface area contributed by atoms with Gasteiger partial charge in [0.15, 0.2) is 5.78 Å². The quantitative estimate of drug-likeness (QED) is 0.283. The Balaban J connectivity index is 2.54. The maximum absolute atomic E-state index is 13.2. The first-order chi connectivity index (χ1) is 12.4. The number of thioether (sulfide) groups is 2. The number of aliphatic hydroxyl groups is 1. The minimum atomic E-state index is -1.54. The van der Waals surface area contributed by atoms with Gasteiger partial charge in [-0.1, -0.05) is 13.8 Å². The molecule has 1 saturated carbocycles. The Bertz CT molecular complexity index is 606. The number of aromatic nitrogens is 1. The Morgan fingerprint density at radius 1 is 1.50 bits per heavy atom. The molecule has 26 heavy (non-hydrogen) atoms. The van der Waals surface area contributed by atoms with Crippen LogP contribution in [0.5, 0.6) is 0 Å². The van der Waals surface area contributed by atoms with E-state index >= 15 is 0 Å². The van der Waals surface area contributed by atoms with E-state index in [2.05, 4.69) is 4.98 Å². The molecule has 1 aliphatic carbocycles. The Kier molecular flexibility index (Phi) is 7.57. The van der Waals surface area contributed by atoms with Gasteiger partial charge in [0.25, 0.3) is 5.54 Å². The number of methoxy groups -OCH3 is 1. The molecule has 4 unspecified atom stereocenters. The van der Waals surface area contributed by atoms with Gasteiger partial charge in [0, 0.05) is 24.7 Å². The van der Waals surface area contributed by atoms with E-state index in [0.29, 0.717) is 17.2 Å². The number of nitrogens with zero attached hydrogens (tertiary/aromatic N) is 1. The Labute approximate surface area is 161 Å². The Hall–Kier alpha value is -1.03. The van der Waals surface area contributed by atoms with Crippen LogP contribution in [0.2, 0.25) is 0 Å². The lowest BCUT2D eigenvalue weighted by molar-refractivity contribution is -0.580. The summed E-state index contributed by atoms with van der Waals surface area (Å²) in [5, 5.41) is 22.9. The third kappa shape index (κ3) is 3.95. The van der Waals surface area contributed by atoms with Gasteiger partial charge in [-0.05, 0) is 30.1 Å². The van der Waals surface area contributed by atoms with E-state index in [1.165, 1.54) is 30.6 Å². The van der Waals surface area contributed by atoms with Gasteiger partial charge in [-0.25, -0.2) is 0 Å². The van der Waals surface area contributed by atoms with E-state index in [9.17, 15) is 20.0 Å². The molecule has 1 heterocycles. The van der Waals surface area contributed by atoms with Gasteiger partial charge in [0.05, 0.1) is 23.8 Å². The highest BCUT2D eigenvalue weighted by Gasteiger charge is 2.64. The van der Waals surface area contributed by atoms with Crippen molar-refractivity contribution >= 4 is 29.3 Å². The summed E-state index contributed by atoms with van der Waals surface area (Å²) in [7, 11) is 1.46. The van der Waals surface area contributed by atoms with Crippen molar-refractivity contribution in [3.8, 4) is 0 Å². The molecule has 9 heteroatoms. The van der Waals surface area contributed by atoms with E-state index < -0.39 is 28.2 Å². The van der Waals surface area contributed by atoms with Crippen LogP contribution in [0.15, 0.2) is 18.3 Å². The standard InChI is InChI=1S/C17H26N2O5S2/c1-4-25-16(26-5-2)17(19(22)23)10-13(20)14(24-3)9-11(17)15(21)12-7-6-8-18-12/h6-8,11,13-14,16,18,20H,4-5,9-10H2,1-3H3. The minimum absolute atomic E-state index is 0.0969. The Morgan fingerprint density at radius 2 is 2.15 bits per heavy atom. The lowest BCUT2D eigenvalue weighted by atomic mass is 9.69. The van der Waals surface area contributed by atoms with Crippen LogP contribution < -0.4 is 0 Å². The molecule has 1 aromatic heterocycles. The van der Waals surface area contributed by atoms with Crippen LogP contribution in [-0.2, 0) is 4.74 Å². The maximum Gasteiger partial charge on any atom is 0.255 e. The summed E-state index contributed by atoms with van der Waals surface area (Å²) < 4.78 is 4.90. The van der Waals surface area contributed by atoms with Gasteiger partial charge in [-0.15, -0.1) is 23.5 Å². The van der Waals surface area contributed by atoms with Crippen LogP contribution in [0.1, 0.15) is 37.2 Å². The molecule has 0 radical (unpaired) electrons. The lowest BCUT2D eigenvalue weighted by Gasteiger charge is -2.44. The first kappa shape index (κ1) is 21.3. The van der Waals surface area contributed by atoms with Gasteiger partial charge < -0.3 is 14.8 Å². The summed E-state index contributed by atoms with van der Waals surface area (Å²) >= 11 is 2.94. The van der Waals surface area contributed by atoms with Crippen LogP contribution in [-0.4, -0.2) is 61.7 Å². The number of hydrogen-bond acceptors (Lipinski definition) is 7. The fourth-order valence-electron chi connectivity index (χ4n) is 3.65. The molecule has 2 N–H and O–H groups in total. The second-order valence-corrected chi connectivity index (χ2v) is 9.34.